The number of hydrogen-bond donors (Lipinski definition) is 3. The molecule has 5 rings (SSSR count). The van der Waals surface area contributed by atoms with Crippen molar-refractivity contribution in [2.45, 2.75) is 51.8 Å². The van der Waals surface area contributed by atoms with Gasteiger partial charge in [0.25, 0.3) is 0 Å². The molecule has 39 heavy (non-hydrogen) atoms. The third-order valence-electron chi connectivity index (χ3n) is 7.49. The lowest BCUT2D eigenvalue weighted by molar-refractivity contribution is -0.141. The zero-order chi connectivity index (χ0) is 27.5. The van der Waals surface area contributed by atoms with Crippen LogP contribution in [0.5, 0.6) is 0 Å². The fraction of sp³-hybridized carbons (Fsp3) is 0.500. The molecule has 2 amide bonds. The number of aromatic nitrogens is 2. The van der Waals surface area contributed by atoms with E-state index in [-0.39, 0.29) is 30.7 Å². The van der Waals surface area contributed by atoms with Crippen molar-refractivity contribution in [1.82, 2.24) is 25.7 Å². The minimum absolute atomic E-state index is 0.0801. The lowest BCUT2D eigenvalue weighted by Crippen LogP contribution is -2.48. The van der Waals surface area contributed by atoms with Crippen molar-refractivity contribution in [3.8, 4) is 10.4 Å². The number of nitrogens with zero attached hydrogens (tertiary/aromatic N) is 4. The first-order valence-corrected chi connectivity index (χ1v) is 14.4. The molecule has 0 radical (unpaired) electrons. The zero-order valence-corrected chi connectivity index (χ0v) is 23.4. The first-order valence-electron chi connectivity index (χ1n) is 13.5. The molecular formula is C28H36N6O4S. The molecule has 208 valence electrons. The molecule has 2 saturated heterocycles. The van der Waals surface area contributed by atoms with E-state index in [1.807, 2.05) is 56.6 Å². The molecule has 2 aliphatic heterocycles. The van der Waals surface area contributed by atoms with Gasteiger partial charge in [-0.05, 0) is 24.0 Å². The molecule has 3 N–H and O–H groups in total. The van der Waals surface area contributed by atoms with Gasteiger partial charge in [-0.15, -0.1) is 11.3 Å². The number of piperazine rings is 1. The third kappa shape index (κ3) is 6.00. The molecular weight excluding hydrogens is 516 g/mol. The van der Waals surface area contributed by atoms with E-state index in [9.17, 15) is 14.7 Å². The van der Waals surface area contributed by atoms with E-state index in [0.717, 1.165) is 53.7 Å². The average molecular weight is 553 g/mol. The molecule has 0 unspecified atom stereocenters. The van der Waals surface area contributed by atoms with Gasteiger partial charge in [-0.1, -0.05) is 43.3 Å². The monoisotopic (exact) mass is 552 g/mol. The number of amides is 2. The normalized spacial score (nSPS) is 20.4. The number of aryl methyl sites for hydroxylation is 1. The number of hydrogen-bond acceptors (Lipinski definition) is 9. The highest BCUT2D eigenvalue weighted by atomic mass is 32.1. The molecule has 0 spiro atoms. The van der Waals surface area contributed by atoms with Crippen molar-refractivity contribution in [3.05, 3.63) is 52.9 Å². The molecule has 2 aliphatic rings. The molecule has 2 fully saturated rings. The second-order valence-electron chi connectivity index (χ2n) is 10.6. The van der Waals surface area contributed by atoms with Crippen molar-refractivity contribution >= 4 is 29.0 Å². The van der Waals surface area contributed by atoms with Crippen molar-refractivity contribution in [1.29, 1.82) is 0 Å². The Labute approximate surface area is 232 Å². The number of rotatable bonds is 8. The number of thiazole rings is 1. The molecule has 0 bridgehead atoms. The largest absolute Gasteiger partial charge is 0.391 e. The minimum Gasteiger partial charge on any atom is -0.391 e. The SMILES string of the molecule is Cc1ncsc1-c1ccc(CNC(=O)[C@@H]2C[C@@H](O)CN2C(=O)[C@H](c2cc(N3CCNCC3)no2)C(C)C)cc1. The van der Waals surface area contributed by atoms with Crippen LogP contribution in [0.1, 0.15) is 43.2 Å². The van der Waals surface area contributed by atoms with E-state index in [2.05, 4.69) is 25.7 Å². The highest BCUT2D eigenvalue weighted by molar-refractivity contribution is 7.13. The van der Waals surface area contributed by atoms with Crippen LogP contribution in [0.2, 0.25) is 0 Å². The highest BCUT2D eigenvalue weighted by Gasteiger charge is 2.43. The maximum Gasteiger partial charge on any atom is 0.243 e. The third-order valence-corrected chi connectivity index (χ3v) is 8.47. The van der Waals surface area contributed by atoms with Crippen LogP contribution in [-0.2, 0) is 16.1 Å². The fourth-order valence-corrected chi connectivity index (χ4v) is 6.16. The van der Waals surface area contributed by atoms with Gasteiger partial charge >= 0.3 is 0 Å². The quantitative estimate of drug-likeness (QED) is 0.390. The predicted molar refractivity (Wildman–Crippen MR) is 149 cm³/mol. The number of aliphatic hydroxyl groups is 1. The van der Waals surface area contributed by atoms with Gasteiger partial charge < -0.3 is 30.1 Å². The molecule has 4 heterocycles. The summed E-state index contributed by atoms with van der Waals surface area (Å²) in [6.45, 7) is 9.71. The second-order valence-corrected chi connectivity index (χ2v) is 11.5. The van der Waals surface area contributed by atoms with Gasteiger partial charge in [-0.2, -0.15) is 0 Å². The minimum atomic E-state index is -0.759. The second kappa shape index (κ2) is 11.8. The Kier molecular flexibility index (Phi) is 8.29. The lowest BCUT2D eigenvalue weighted by atomic mass is 9.91. The number of aliphatic hydroxyl groups excluding tert-OH is 1. The van der Waals surface area contributed by atoms with Crippen LogP contribution in [0.4, 0.5) is 5.82 Å². The summed E-state index contributed by atoms with van der Waals surface area (Å²) in [4.78, 5) is 36.1. The van der Waals surface area contributed by atoms with Crippen LogP contribution in [-0.4, -0.2) is 76.8 Å². The van der Waals surface area contributed by atoms with Crippen LogP contribution in [0.3, 0.4) is 0 Å². The molecule has 10 nitrogen and oxygen atoms in total. The smallest absolute Gasteiger partial charge is 0.243 e. The maximum absolute atomic E-state index is 13.8. The van der Waals surface area contributed by atoms with E-state index in [1.165, 1.54) is 4.90 Å². The van der Waals surface area contributed by atoms with Gasteiger partial charge in [0.05, 0.1) is 22.2 Å². The summed E-state index contributed by atoms with van der Waals surface area (Å²) in [7, 11) is 0. The van der Waals surface area contributed by atoms with Gasteiger partial charge in [-0.3, -0.25) is 9.59 Å². The predicted octanol–water partition coefficient (Wildman–Crippen LogP) is 2.53. The molecule has 2 aromatic heterocycles. The molecule has 0 saturated carbocycles. The Bertz CT molecular complexity index is 1280. The van der Waals surface area contributed by atoms with E-state index in [1.54, 1.807) is 11.3 Å². The summed E-state index contributed by atoms with van der Waals surface area (Å²) in [6, 6.07) is 9.11. The van der Waals surface area contributed by atoms with E-state index in [0.29, 0.717) is 12.3 Å². The number of likely N-dealkylation sites (tertiary alicyclic amines) is 1. The summed E-state index contributed by atoms with van der Waals surface area (Å²) in [5, 5.41) is 20.9. The maximum atomic E-state index is 13.8. The molecule has 3 aromatic rings. The highest BCUT2D eigenvalue weighted by Crippen LogP contribution is 2.33. The number of carbonyl (C=O) groups excluding carboxylic acids is 2. The van der Waals surface area contributed by atoms with E-state index < -0.39 is 18.1 Å². The van der Waals surface area contributed by atoms with Gasteiger partial charge in [0.2, 0.25) is 11.8 Å². The fourth-order valence-electron chi connectivity index (χ4n) is 5.35. The number of benzene rings is 1. The summed E-state index contributed by atoms with van der Waals surface area (Å²) in [5.41, 5.74) is 4.87. The van der Waals surface area contributed by atoms with Crippen molar-refractivity contribution in [3.63, 3.8) is 0 Å². The Hall–Kier alpha value is -3.28. The molecule has 11 heteroatoms. The first-order chi connectivity index (χ1) is 18.8. The van der Waals surface area contributed by atoms with Gasteiger partial charge in [0, 0.05) is 51.8 Å². The van der Waals surface area contributed by atoms with Crippen LogP contribution in [0.25, 0.3) is 10.4 Å². The van der Waals surface area contributed by atoms with Crippen molar-refractivity contribution in [2.24, 2.45) is 5.92 Å². The summed E-state index contributed by atoms with van der Waals surface area (Å²) < 4.78 is 5.67. The van der Waals surface area contributed by atoms with E-state index in [4.69, 9.17) is 4.52 Å². The van der Waals surface area contributed by atoms with Crippen LogP contribution >= 0.6 is 11.3 Å². The average Bonchev–Trinajstić information content (AvgIpc) is 3.68. The van der Waals surface area contributed by atoms with Crippen LogP contribution in [0.15, 0.2) is 40.4 Å². The standard InChI is InChI=1S/C28H36N6O4S/c1-17(2)25(23-13-24(32-38-23)33-10-8-29-9-11-33)28(37)34-15-21(35)12-22(34)27(36)30-14-19-4-6-20(7-5-19)26-18(3)31-16-39-26/h4-7,13,16-17,21-22,25,29,35H,8-12,14-15H2,1-3H3,(H,30,36)/t21-,22+,25+/m1/s1. The number of anilines is 1. The van der Waals surface area contributed by atoms with Crippen molar-refractivity contribution in [2.75, 3.05) is 37.6 Å². The first kappa shape index (κ1) is 27.3. The Balaban J connectivity index is 1.25. The van der Waals surface area contributed by atoms with Crippen LogP contribution < -0.4 is 15.5 Å². The van der Waals surface area contributed by atoms with E-state index >= 15 is 0 Å². The Morgan fingerprint density at radius 3 is 2.64 bits per heavy atom. The number of carbonyl (C=O) groups is 2. The topological polar surface area (TPSA) is 124 Å². The summed E-state index contributed by atoms with van der Waals surface area (Å²) >= 11 is 1.60. The van der Waals surface area contributed by atoms with Gasteiger partial charge in [-0.25, -0.2) is 4.98 Å². The van der Waals surface area contributed by atoms with Crippen LogP contribution in [0, 0.1) is 12.8 Å². The lowest BCUT2D eigenvalue weighted by Gasteiger charge is -2.29. The number of β-amino-alcohol motifs (C(OH)–C–C–N with tert-alkyl or cyclic N) is 1. The summed E-state index contributed by atoms with van der Waals surface area (Å²) in [5.74, 6) is 0.0244. The zero-order valence-electron chi connectivity index (χ0n) is 22.6. The number of nitrogens with one attached hydrogen (secondary N) is 2. The van der Waals surface area contributed by atoms with Crippen molar-refractivity contribution < 1.29 is 19.2 Å². The molecule has 1 aromatic carbocycles. The summed E-state index contributed by atoms with van der Waals surface area (Å²) in [6.07, 6.45) is -0.556. The Morgan fingerprint density at radius 2 is 1.97 bits per heavy atom. The van der Waals surface area contributed by atoms with Gasteiger partial charge in [0.1, 0.15) is 12.0 Å². The molecule has 3 atom stereocenters. The van der Waals surface area contributed by atoms with Gasteiger partial charge in [0.15, 0.2) is 11.6 Å². The Morgan fingerprint density at radius 1 is 1.23 bits per heavy atom. The molecule has 0 aliphatic carbocycles.